The lowest BCUT2D eigenvalue weighted by Gasteiger charge is -2.32. The molecule has 1 aliphatic heterocycles. The summed E-state index contributed by atoms with van der Waals surface area (Å²) in [6.07, 6.45) is 8.43. The van der Waals surface area contributed by atoms with Gasteiger partial charge in [-0.05, 0) is 49.1 Å². The van der Waals surface area contributed by atoms with E-state index >= 15 is 0 Å². The highest BCUT2D eigenvalue weighted by Gasteiger charge is 2.25. The number of halogens is 1. The molecule has 1 fully saturated rings. The van der Waals surface area contributed by atoms with E-state index < -0.39 is 0 Å². The van der Waals surface area contributed by atoms with Gasteiger partial charge in [-0.2, -0.15) is 0 Å². The number of rotatable bonds is 5. The number of likely N-dealkylation sites (tertiary alicyclic amines) is 1. The molecule has 28 heavy (non-hydrogen) atoms. The van der Waals surface area contributed by atoms with E-state index in [4.69, 9.17) is 4.98 Å². The van der Waals surface area contributed by atoms with Crippen LogP contribution in [0.5, 0.6) is 0 Å². The van der Waals surface area contributed by atoms with E-state index in [1.807, 2.05) is 33.9 Å². The molecule has 4 rings (SSSR count). The average molecular weight is 378 g/mol. The second kappa shape index (κ2) is 8.33. The van der Waals surface area contributed by atoms with Crippen molar-refractivity contribution in [2.75, 3.05) is 13.1 Å². The standard InChI is InChI=1S/C22H23FN4O/c23-19-9-6-17(7-10-19)8-11-22(28)26-13-2-3-18(15-26)20-4-1-5-21(25-20)27-14-12-24-16-27/h1,4-7,9-10,12,14,16,18H,2-3,8,11,13,15H2/t18-/m0/s1. The average Bonchev–Trinajstić information content (AvgIpc) is 3.28. The lowest BCUT2D eigenvalue weighted by atomic mass is 9.94. The second-order valence-corrected chi connectivity index (χ2v) is 7.20. The Kier molecular flexibility index (Phi) is 5.46. The fourth-order valence-electron chi connectivity index (χ4n) is 3.71. The van der Waals surface area contributed by atoms with E-state index in [0.717, 1.165) is 36.5 Å². The number of imidazole rings is 1. The van der Waals surface area contributed by atoms with E-state index in [1.165, 1.54) is 12.1 Å². The predicted octanol–water partition coefficient (Wildman–Crippen LogP) is 3.75. The van der Waals surface area contributed by atoms with Crippen LogP contribution in [-0.4, -0.2) is 38.4 Å². The van der Waals surface area contributed by atoms with Crippen LogP contribution in [0.4, 0.5) is 4.39 Å². The summed E-state index contributed by atoms with van der Waals surface area (Å²) in [6.45, 7) is 1.49. The predicted molar refractivity (Wildman–Crippen MR) is 105 cm³/mol. The summed E-state index contributed by atoms with van der Waals surface area (Å²) in [5, 5.41) is 0. The van der Waals surface area contributed by atoms with Crippen LogP contribution in [0.3, 0.4) is 0 Å². The summed E-state index contributed by atoms with van der Waals surface area (Å²) in [7, 11) is 0. The van der Waals surface area contributed by atoms with Gasteiger partial charge in [-0.15, -0.1) is 0 Å². The van der Waals surface area contributed by atoms with Gasteiger partial charge in [0.1, 0.15) is 18.0 Å². The molecule has 1 amide bonds. The van der Waals surface area contributed by atoms with Crippen molar-refractivity contribution in [1.82, 2.24) is 19.4 Å². The Hall–Kier alpha value is -3.02. The molecule has 0 spiro atoms. The van der Waals surface area contributed by atoms with Gasteiger partial charge in [-0.25, -0.2) is 14.4 Å². The van der Waals surface area contributed by atoms with Crippen molar-refractivity contribution in [3.63, 3.8) is 0 Å². The number of piperidine rings is 1. The van der Waals surface area contributed by atoms with E-state index in [-0.39, 0.29) is 17.6 Å². The van der Waals surface area contributed by atoms with Crippen LogP contribution in [0.15, 0.2) is 61.2 Å². The third-order valence-electron chi connectivity index (χ3n) is 5.26. The summed E-state index contributed by atoms with van der Waals surface area (Å²) >= 11 is 0. The maximum atomic E-state index is 13.0. The van der Waals surface area contributed by atoms with Crippen LogP contribution in [0, 0.1) is 5.82 Å². The molecule has 1 atom stereocenters. The monoisotopic (exact) mass is 378 g/mol. The molecule has 1 aromatic carbocycles. The first-order chi connectivity index (χ1) is 13.7. The molecule has 5 nitrogen and oxygen atoms in total. The van der Waals surface area contributed by atoms with Crippen LogP contribution in [0.1, 0.15) is 36.4 Å². The molecule has 6 heteroatoms. The summed E-state index contributed by atoms with van der Waals surface area (Å²) < 4.78 is 14.9. The third-order valence-corrected chi connectivity index (χ3v) is 5.26. The van der Waals surface area contributed by atoms with Gasteiger partial charge in [0.05, 0.1) is 0 Å². The highest BCUT2D eigenvalue weighted by Crippen LogP contribution is 2.26. The number of amides is 1. The van der Waals surface area contributed by atoms with Crippen LogP contribution in [0.25, 0.3) is 5.82 Å². The maximum Gasteiger partial charge on any atom is 0.222 e. The largest absolute Gasteiger partial charge is 0.342 e. The smallest absolute Gasteiger partial charge is 0.222 e. The van der Waals surface area contributed by atoms with Crippen molar-refractivity contribution in [3.05, 3.63) is 78.3 Å². The van der Waals surface area contributed by atoms with Gasteiger partial charge in [-0.1, -0.05) is 18.2 Å². The third kappa shape index (κ3) is 4.27. The first-order valence-corrected chi connectivity index (χ1v) is 9.66. The second-order valence-electron chi connectivity index (χ2n) is 7.20. The highest BCUT2D eigenvalue weighted by atomic mass is 19.1. The molecule has 0 saturated carbocycles. The minimum absolute atomic E-state index is 0.153. The molecule has 2 aromatic heterocycles. The summed E-state index contributed by atoms with van der Waals surface area (Å²) in [5.74, 6) is 0.987. The Morgan fingerprint density at radius 3 is 2.82 bits per heavy atom. The molecule has 1 saturated heterocycles. The van der Waals surface area contributed by atoms with Crippen LogP contribution < -0.4 is 0 Å². The molecule has 0 aliphatic carbocycles. The fraction of sp³-hybridized carbons (Fsp3) is 0.318. The Morgan fingerprint density at radius 2 is 2.04 bits per heavy atom. The molecule has 0 N–H and O–H groups in total. The molecule has 1 aliphatic rings. The number of aryl methyl sites for hydroxylation is 1. The quantitative estimate of drug-likeness (QED) is 0.680. The van der Waals surface area contributed by atoms with Crippen LogP contribution in [-0.2, 0) is 11.2 Å². The number of hydrogen-bond donors (Lipinski definition) is 0. The molecule has 144 valence electrons. The van der Waals surface area contributed by atoms with Crippen molar-refractivity contribution in [2.45, 2.75) is 31.6 Å². The molecule has 3 aromatic rings. The number of aromatic nitrogens is 3. The van der Waals surface area contributed by atoms with Gasteiger partial charge in [-0.3, -0.25) is 9.36 Å². The fourth-order valence-corrected chi connectivity index (χ4v) is 3.71. The van der Waals surface area contributed by atoms with E-state index in [0.29, 0.717) is 19.4 Å². The Morgan fingerprint density at radius 1 is 1.18 bits per heavy atom. The lowest BCUT2D eigenvalue weighted by Crippen LogP contribution is -2.39. The SMILES string of the molecule is O=C(CCc1ccc(F)cc1)N1CCC[C@H](c2cccc(-n3ccnc3)n2)C1. The van der Waals surface area contributed by atoms with E-state index in [2.05, 4.69) is 4.98 Å². The Bertz CT molecular complexity index is 924. The minimum atomic E-state index is -0.251. The zero-order chi connectivity index (χ0) is 19.3. The Labute approximate surface area is 163 Å². The first kappa shape index (κ1) is 18.3. The molecular formula is C22H23FN4O. The van der Waals surface area contributed by atoms with E-state index in [1.54, 1.807) is 24.7 Å². The summed E-state index contributed by atoms with van der Waals surface area (Å²) in [4.78, 5) is 23.5. The van der Waals surface area contributed by atoms with Crippen molar-refractivity contribution in [2.24, 2.45) is 0 Å². The Balaban J connectivity index is 1.39. The zero-order valence-corrected chi connectivity index (χ0v) is 15.7. The van der Waals surface area contributed by atoms with Crippen molar-refractivity contribution >= 4 is 5.91 Å². The van der Waals surface area contributed by atoms with Gasteiger partial charge >= 0.3 is 0 Å². The van der Waals surface area contributed by atoms with Crippen molar-refractivity contribution in [3.8, 4) is 5.82 Å². The minimum Gasteiger partial charge on any atom is -0.342 e. The number of carbonyl (C=O) groups is 1. The van der Waals surface area contributed by atoms with Gasteiger partial charge < -0.3 is 4.90 Å². The normalized spacial score (nSPS) is 16.9. The van der Waals surface area contributed by atoms with Crippen LogP contribution >= 0.6 is 0 Å². The molecule has 0 radical (unpaired) electrons. The van der Waals surface area contributed by atoms with Gasteiger partial charge in [0.25, 0.3) is 0 Å². The summed E-state index contributed by atoms with van der Waals surface area (Å²) in [6, 6.07) is 12.4. The number of pyridine rings is 1. The molecule has 0 unspecified atom stereocenters. The van der Waals surface area contributed by atoms with Crippen molar-refractivity contribution < 1.29 is 9.18 Å². The van der Waals surface area contributed by atoms with Gasteiger partial charge in [0, 0.05) is 43.5 Å². The number of nitrogens with zero attached hydrogens (tertiary/aromatic N) is 4. The number of hydrogen-bond acceptors (Lipinski definition) is 3. The first-order valence-electron chi connectivity index (χ1n) is 9.66. The highest BCUT2D eigenvalue weighted by molar-refractivity contribution is 5.76. The topological polar surface area (TPSA) is 51.0 Å². The number of benzene rings is 1. The van der Waals surface area contributed by atoms with Gasteiger partial charge in [0.15, 0.2) is 0 Å². The number of carbonyl (C=O) groups excluding carboxylic acids is 1. The molecular weight excluding hydrogens is 355 g/mol. The summed E-state index contributed by atoms with van der Waals surface area (Å²) in [5.41, 5.74) is 2.00. The van der Waals surface area contributed by atoms with Crippen molar-refractivity contribution in [1.29, 1.82) is 0 Å². The lowest BCUT2D eigenvalue weighted by molar-refractivity contribution is -0.132. The van der Waals surface area contributed by atoms with E-state index in [9.17, 15) is 9.18 Å². The maximum absolute atomic E-state index is 13.0. The van der Waals surface area contributed by atoms with Crippen LogP contribution in [0.2, 0.25) is 0 Å². The molecule has 3 heterocycles. The molecule has 0 bridgehead atoms. The van der Waals surface area contributed by atoms with Gasteiger partial charge in [0.2, 0.25) is 5.91 Å². The zero-order valence-electron chi connectivity index (χ0n) is 15.7.